The van der Waals surface area contributed by atoms with E-state index in [-0.39, 0.29) is 0 Å². The lowest BCUT2D eigenvalue weighted by Gasteiger charge is -2.42. The van der Waals surface area contributed by atoms with Gasteiger partial charge in [0, 0.05) is 0 Å². The second-order valence-electron chi connectivity index (χ2n) is 9.66. The van der Waals surface area contributed by atoms with Gasteiger partial charge in [-0.15, -0.1) is 0 Å². The molecule has 0 bridgehead atoms. The van der Waals surface area contributed by atoms with Crippen molar-refractivity contribution in [3.63, 3.8) is 0 Å². The van der Waals surface area contributed by atoms with E-state index in [0.717, 1.165) is 10.8 Å². The first-order valence-corrected chi connectivity index (χ1v) is 15.5. The van der Waals surface area contributed by atoms with Crippen LogP contribution in [0, 0.1) is 0 Å². The molecule has 164 valence electrons. The van der Waals surface area contributed by atoms with Crippen molar-refractivity contribution in [2.24, 2.45) is 0 Å². The third-order valence-electron chi connectivity index (χ3n) is 6.98. The van der Waals surface area contributed by atoms with Crippen molar-refractivity contribution in [1.82, 2.24) is 0 Å². The summed E-state index contributed by atoms with van der Waals surface area (Å²) in [5.41, 5.74) is 2.53. The highest BCUT2D eigenvalue weighted by Gasteiger charge is 2.56. The normalized spacial score (nSPS) is 13.4. The molecule has 1 aromatic rings. The summed E-state index contributed by atoms with van der Waals surface area (Å²) in [5.74, 6) is -2.56. The number of aliphatic carboxylic acids is 2. The molecule has 0 heterocycles. The topological polar surface area (TPSA) is 83.8 Å². The molecule has 0 aliphatic carbocycles. The van der Waals surface area contributed by atoms with Crippen molar-refractivity contribution in [2.45, 2.75) is 89.8 Å². The van der Waals surface area contributed by atoms with E-state index in [9.17, 15) is 19.8 Å². The zero-order chi connectivity index (χ0) is 22.8. The Morgan fingerprint density at radius 2 is 1.28 bits per heavy atom. The van der Waals surface area contributed by atoms with Gasteiger partial charge in [0.25, 0.3) is 0 Å². The molecule has 0 aliphatic heterocycles. The van der Waals surface area contributed by atoms with Crippen LogP contribution in [0.4, 0.5) is 0 Å². The number of benzene rings is 1. The minimum atomic E-state index is -2.83. The van der Waals surface area contributed by atoms with Gasteiger partial charge in [-0.05, 0) is 29.1 Å². The van der Waals surface area contributed by atoms with Gasteiger partial charge < -0.3 is 14.6 Å². The van der Waals surface area contributed by atoms with Crippen LogP contribution in [0.1, 0.15) is 54.0 Å². The summed E-state index contributed by atoms with van der Waals surface area (Å²) in [5, 5.41) is 18.3. The van der Waals surface area contributed by atoms with Crippen LogP contribution in [0.5, 0.6) is 0 Å². The molecule has 5 nitrogen and oxygen atoms in total. The average molecular weight is 439 g/mol. The maximum absolute atomic E-state index is 11.8. The monoisotopic (exact) mass is 438 g/mol. The molecule has 0 spiro atoms. The molecule has 0 saturated heterocycles. The van der Waals surface area contributed by atoms with E-state index in [0.29, 0.717) is 23.2 Å². The first-order chi connectivity index (χ1) is 13.2. The molecule has 0 saturated carbocycles. The van der Waals surface area contributed by atoms with E-state index in [1.54, 1.807) is 13.1 Å². The number of hydrogen-bond donors (Lipinski definition) is 2. The number of carbonyl (C=O) groups is 2. The minimum absolute atomic E-state index is 0.500. The Labute approximate surface area is 177 Å². The second kappa shape index (κ2) is 9.14. The summed E-state index contributed by atoms with van der Waals surface area (Å²) < 4.78 is 6.63. The van der Waals surface area contributed by atoms with E-state index >= 15 is 0 Å². The Balaban J connectivity index is 3.17. The number of rotatable bonds is 10. The maximum Gasteiger partial charge on any atom is 0.318 e. The van der Waals surface area contributed by atoms with Crippen molar-refractivity contribution in [3.8, 4) is 0 Å². The van der Waals surface area contributed by atoms with Gasteiger partial charge in [0.15, 0.2) is 5.04 Å². The summed E-state index contributed by atoms with van der Waals surface area (Å²) in [7, 11) is -4.79. The summed E-state index contributed by atoms with van der Waals surface area (Å²) in [6, 6.07) is 7.68. The van der Waals surface area contributed by atoms with Gasteiger partial charge in [-0.1, -0.05) is 84.1 Å². The van der Waals surface area contributed by atoms with Crippen molar-refractivity contribution >= 4 is 33.5 Å². The fourth-order valence-corrected chi connectivity index (χ4v) is 12.7. The average Bonchev–Trinajstić information content (AvgIpc) is 2.60. The van der Waals surface area contributed by atoms with Gasteiger partial charge in [0.05, 0.1) is 6.61 Å². The Hall–Kier alpha value is -1.45. The molecule has 0 atom stereocenters. The number of carboxylic acids is 2. The highest BCUT2D eigenvalue weighted by molar-refractivity contribution is 6.97. The Morgan fingerprint density at radius 1 is 0.897 bits per heavy atom. The van der Waals surface area contributed by atoms with Crippen molar-refractivity contribution in [2.75, 3.05) is 0 Å². The van der Waals surface area contributed by atoms with Gasteiger partial charge >= 0.3 is 11.9 Å². The van der Waals surface area contributed by atoms with E-state index in [1.807, 2.05) is 24.3 Å². The van der Waals surface area contributed by atoms with Gasteiger partial charge in [0.2, 0.25) is 8.32 Å². The molecule has 1 aromatic carbocycles. The lowest BCUT2D eigenvalue weighted by molar-refractivity contribution is -0.152. The van der Waals surface area contributed by atoms with Crippen LogP contribution in [0.15, 0.2) is 24.3 Å². The predicted octanol–water partition coefficient (Wildman–Crippen LogP) is 5.22. The Morgan fingerprint density at radius 3 is 1.59 bits per heavy atom. The van der Waals surface area contributed by atoms with Crippen LogP contribution in [0.3, 0.4) is 0 Å². The maximum atomic E-state index is 11.8. The van der Waals surface area contributed by atoms with Crippen molar-refractivity contribution in [1.29, 1.82) is 0 Å². The van der Waals surface area contributed by atoms with E-state index in [2.05, 4.69) is 41.5 Å². The van der Waals surface area contributed by atoms with Gasteiger partial charge in [-0.3, -0.25) is 9.59 Å². The quantitative estimate of drug-likeness (QED) is 0.386. The van der Waals surface area contributed by atoms with Crippen LogP contribution in [-0.4, -0.2) is 38.5 Å². The van der Waals surface area contributed by atoms with Crippen molar-refractivity contribution < 1.29 is 24.2 Å². The fraction of sp³-hybridized carbons (Fsp3) is 0.636. The third kappa shape index (κ3) is 4.51. The highest BCUT2D eigenvalue weighted by Crippen LogP contribution is 2.43. The van der Waals surface area contributed by atoms with Crippen LogP contribution in [0.25, 0.3) is 0 Å². The van der Waals surface area contributed by atoms with Crippen LogP contribution in [0.2, 0.25) is 34.8 Å². The zero-order valence-corrected chi connectivity index (χ0v) is 21.4. The predicted molar refractivity (Wildman–Crippen MR) is 123 cm³/mol. The number of carboxylic acid groups (broad SMARTS) is 2. The Bertz CT molecular complexity index is 687. The summed E-state index contributed by atoms with van der Waals surface area (Å²) in [6.45, 7) is 19.0. The van der Waals surface area contributed by atoms with Gasteiger partial charge in [0.1, 0.15) is 8.07 Å². The van der Waals surface area contributed by atoms with E-state index in [4.69, 9.17) is 4.43 Å². The largest absolute Gasteiger partial charge is 0.481 e. The molecule has 29 heavy (non-hydrogen) atoms. The third-order valence-corrected chi connectivity index (χ3v) is 17.7. The van der Waals surface area contributed by atoms with Crippen LogP contribution < -0.4 is 5.19 Å². The highest BCUT2D eigenvalue weighted by atomic mass is 28.4. The van der Waals surface area contributed by atoms with Crippen LogP contribution in [-0.2, 0) is 20.6 Å². The first kappa shape index (κ1) is 25.6. The molecule has 0 unspecified atom stereocenters. The second-order valence-corrected chi connectivity index (χ2v) is 20.0. The molecule has 1 rings (SSSR count). The molecule has 7 heteroatoms. The molecule has 0 amide bonds. The molecule has 0 fully saturated rings. The molecular weight excluding hydrogens is 400 g/mol. The summed E-state index contributed by atoms with van der Waals surface area (Å²) in [6.07, 6.45) is 0. The molecule has 0 aromatic heterocycles. The van der Waals surface area contributed by atoms with E-state index in [1.165, 1.54) is 6.92 Å². The minimum Gasteiger partial charge on any atom is -0.481 e. The molecule has 2 N–H and O–H groups in total. The summed E-state index contributed by atoms with van der Waals surface area (Å²) in [4.78, 5) is 23.6. The molecular formula is C22H38O5Si2. The first-order valence-electron chi connectivity index (χ1n) is 10.4. The summed E-state index contributed by atoms with van der Waals surface area (Å²) >= 11 is 0. The van der Waals surface area contributed by atoms with E-state index < -0.39 is 33.4 Å². The van der Waals surface area contributed by atoms with Gasteiger partial charge in [-0.25, -0.2) is 0 Å². The van der Waals surface area contributed by atoms with Crippen molar-refractivity contribution in [3.05, 3.63) is 29.8 Å². The smallest absolute Gasteiger partial charge is 0.318 e. The fourth-order valence-electron chi connectivity index (χ4n) is 4.64. The Kier molecular flexibility index (Phi) is 8.07. The SMILES string of the molecule is CC(C)[Si](OCc1ccc([Si](C)(C)C(C)(C(=O)O)C(=O)O)cc1)(C(C)C)C(C)C. The zero-order valence-electron chi connectivity index (χ0n) is 19.4. The number of hydrogen-bond acceptors (Lipinski definition) is 3. The standard InChI is InChI=1S/C22H38O5Si2/c1-15(2)29(16(3)4,17(5)6)27-14-18-10-12-19(13-11-18)28(8,9)22(7,20(23)24)21(25)26/h10-13,15-17H,14H2,1-9H3,(H,23,24)(H,25,26). The lowest BCUT2D eigenvalue weighted by atomic mass is 10.2. The molecule has 0 radical (unpaired) electrons. The van der Waals surface area contributed by atoms with Crippen LogP contribution >= 0.6 is 0 Å². The molecule has 0 aliphatic rings. The lowest BCUT2D eigenvalue weighted by Crippen LogP contribution is -2.58. The van der Waals surface area contributed by atoms with Gasteiger partial charge in [-0.2, -0.15) is 0 Å².